The molecule has 0 amide bonds. The van der Waals surface area contributed by atoms with Crippen molar-refractivity contribution in [3.05, 3.63) is 0 Å². The molecule has 6 nitrogen and oxygen atoms in total. The summed E-state index contributed by atoms with van der Waals surface area (Å²) in [6, 6.07) is 0. The minimum atomic E-state index is -2.93. The SMILES string of the molecule is CNP1(=O)N(C)C(O)C(O)N1C. The summed E-state index contributed by atoms with van der Waals surface area (Å²) < 4.78 is 14.4. The van der Waals surface area contributed by atoms with E-state index in [4.69, 9.17) is 0 Å². The summed E-state index contributed by atoms with van der Waals surface area (Å²) in [6.45, 7) is 0. The average molecular weight is 195 g/mol. The fourth-order valence-electron chi connectivity index (χ4n) is 1.24. The minimum absolute atomic E-state index is 1.10. The van der Waals surface area contributed by atoms with E-state index in [-0.39, 0.29) is 0 Å². The molecular formula is C5H14N3O3P. The third-order valence-electron chi connectivity index (χ3n) is 2.18. The normalized spacial score (nSPS) is 45.4. The van der Waals surface area contributed by atoms with Crippen molar-refractivity contribution in [2.45, 2.75) is 12.5 Å². The predicted octanol–water partition coefficient (Wildman–Crippen LogP) is -1.17. The molecular weight excluding hydrogens is 181 g/mol. The molecule has 2 atom stereocenters. The molecule has 0 aliphatic carbocycles. The highest BCUT2D eigenvalue weighted by Gasteiger charge is 2.49. The Bertz CT molecular complexity index is 206. The first-order valence-corrected chi connectivity index (χ1v) is 5.18. The van der Waals surface area contributed by atoms with Crippen LogP contribution < -0.4 is 5.09 Å². The number of hydrogen-bond donors (Lipinski definition) is 3. The van der Waals surface area contributed by atoms with Gasteiger partial charge in [0.1, 0.15) is 0 Å². The monoisotopic (exact) mass is 195 g/mol. The molecule has 1 heterocycles. The lowest BCUT2D eigenvalue weighted by Gasteiger charge is -2.23. The van der Waals surface area contributed by atoms with Gasteiger partial charge in [-0.05, 0) is 21.1 Å². The number of nitrogens with one attached hydrogen (secondary N) is 1. The van der Waals surface area contributed by atoms with E-state index in [1.54, 1.807) is 0 Å². The molecule has 0 aromatic rings. The Morgan fingerprint density at radius 1 is 1.25 bits per heavy atom. The molecule has 7 heteroatoms. The van der Waals surface area contributed by atoms with Gasteiger partial charge < -0.3 is 10.2 Å². The second kappa shape index (κ2) is 3.06. The maximum Gasteiger partial charge on any atom is 0.287 e. The quantitative estimate of drug-likeness (QED) is 0.458. The number of aliphatic hydroxyl groups excluding tert-OH is 2. The van der Waals surface area contributed by atoms with Crippen molar-refractivity contribution in [1.82, 2.24) is 14.4 Å². The molecule has 2 unspecified atom stereocenters. The number of nitrogens with zero attached hydrogens (tertiary/aromatic N) is 2. The summed E-state index contributed by atoms with van der Waals surface area (Å²) in [5, 5.41) is 21.2. The highest BCUT2D eigenvalue weighted by Crippen LogP contribution is 2.54. The van der Waals surface area contributed by atoms with E-state index in [0.29, 0.717) is 0 Å². The van der Waals surface area contributed by atoms with E-state index in [1.807, 2.05) is 0 Å². The molecule has 0 aromatic carbocycles. The number of rotatable bonds is 1. The highest BCUT2D eigenvalue weighted by molar-refractivity contribution is 7.57. The molecule has 1 aliphatic rings. The lowest BCUT2D eigenvalue weighted by molar-refractivity contribution is -0.0550. The zero-order chi connectivity index (χ0) is 9.52. The highest BCUT2D eigenvalue weighted by atomic mass is 31.2. The van der Waals surface area contributed by atoms with Crippen LogP contribution in [0, 0.1) is 0 Å². The molecule has 0 aromatic heterocycles. The second-order valence-electron chi connectivity index (χ2n) is 2.74. The van der Waals surface area contributed by atoms with Gasteiger partial charge in [0.2, 0.25) is 0 Å². The van der Waals surface area contributed by atoms with Crippen molar-refractivity contribution < 1.29 is 14.8 Å². The average Bonchev–Trinajstić information content (AvgIpc) is 2.22. The van der Waals surface area contributed by atoms with Crippen molar-refractivity contribution in [3.8, 4) is 0 Å². The molecule has 72 valence electrons. The third kappa shape index (κ3) is 1.12. The van der Waals surface area contributed by atoms with Gasteiger partial charge in [0, 0.05) is 0 Å². The van der Waals surface area contributed by atoms with Crippen molar-refractivity contribution in [2.24, 2.45) is 0 Å². The van der Waals surface area contributed by atoms with Gasteiger partial charge in [0.25, 0.3) is 7.59 Å². The standard InChI is InChI=1S/C5H14N3O3P/c1-6-12(11)7(2)4(9)5(10)8(12)3/h4-5,9-10H,1-3H3,(H,6,11). The molecule has 3 N–H and O–H groups in total. The Morgan fingerprint density at radius 3 is 1.75 bits per heavy atom. The fourth-order valence-corrected chi connectivity index (χ4v) is 3.20. The molecule has 0 radical (unpaired) electrons. The molecule has 1 saturated heterocycles. The van der Waals surface area contributed by atoms with Crippen molar-refractivity contribution >= 4 is 7.59 Å². The van der Waals surface area contributed by atoms with E-state index < -0.39 is 20.0 Å². The Hall–Kier alpha value is 0.0300. The summed E-state index contributed by atoms with van der Waals surface area (Å²) in [5.74, 6) is 0. The first-order chi connectivity index (χ1) is 5.45. The van der Waals surface area contributed by atoms with Gasteiger partial charge in [-0.15, -0.1) is 0 Å². The number of hydrogen-bond acceptors (Lipinski definition) is 3. The first kappa shape index (κ1) is 10.1. The number of likely N-dealkylation sites (N-methyl/N-ethyl adjacent to an activating group) is 2. The van der Waals surface area contributed by atoms with Gasteiger partial charge in [0.05, 0.1) is 0 Å². The first-order valence-electron chi connectivity index (χ1n) is 3.57. The van der Waals surface area contributed by atoms with Crippen LogP contribution >= 0.6 is 7.59 Å². The van der Waals surface area contributed by atoms with Gasteiger partial charge in [-0.2, -0.15) is 0 Å². The minimum Gasteiger partial charge on any atom is -0.374 e. The maximum atomic E-state index is 11.9. The van der Waals surface area contributed by atoms with Gasteiger partial charge >= 0.3 is 0 Å². The van der Waals surface area contributed by atoms with Gasteiger partial charge in [-0.3, -0.25) is 4.57 Å². The van der Waals surface area contributed by atoms with Crippen LogP contribution in [0.15, 0.2) is 0 Å². The second-order valence-corrected chi connectivity index (χ2v) is 5.54. The predicted molar refractivity (Wildman–Crippen MR) is 44.2 cm³/mol. The van der Waals surface area contributed by atoms with Crippen LogP contribution in [-0.2, 0) is 4.57 Å². The van der Waals surface area contributed by atoms with Crippen LogP contribution in [0.25, 0.3) is 0 Å². The molecule has 12 heavy (non-hydrogen) atoms. The molecule has 1 rings (SSSR count). The Labute approximate surface area is 71.3 Å². The molecule has 1 aliphatic heterocycles. The van der Waals surface area contributed by atoms with Crippen LogP contribution in [0.4, 0.5) is 0 Å². The summed E-state index contributed by atoms with van der Waals surface area (Å²) in [5.41, 5.74) is 0. The topological polar surface area (TPSA) is 76.0 Å². The van der Waals surface area contributed by atoms with Crippen LogP contribution in [-0.4, -0.2) is 53.2 Å². The largest absolute Gasteiger partial charge is 0.374 e. The molecule has 0 bridgehead atoms. The summed E-state index contributed by atoms with van der Waals surface area (Å²) in [4.78, 5) is 0. The smallest absolute Gasteiger partial charge is 0.287 e. The van der Waals surface area contributed by atoms with E-state index in [9.17, 15) is 14.8 Å². The van der Waals surface area contributed by atoms with Crippen LogP contribution in [0.2, 0.25) is 0 Å². The van der Waals surface area contributed by atoms with Gasteiger partial charge in [-0.1, -0.05) is 0 Å². The number of aliphatic hydroxyl groups is 2. The summed E-state index contributed by atoms with van der Waals surface area (Å²) in [6.07, 6.45) is -2.21. The van der Waals surface area contributed by atoms with E-state index in [0.717, 1.165) is 0 Å². The molecule has 1 fully saturated rings. The van der Waals surface area contributed by atoms with Crippen LogP contribution in [0.1, 0.15) is 0 Å². The zero-order valence-corrected chi connectivity index (χ0v) is 8.19. The van der Waals surface area contributed by atoms with E-state index in [2.05, 4.69) is 5.09 Å². The van der Waals surface area contributed by atoms with Crippen LogP contribution in [0.3, 0.4) is 0 Å². The zero-order valence-electron chi connectivity index (χ0n) is 7.30. The summed E-state index contributed by atoms with van der Waals surface area (Å²) >= 11 is 0. The fraction of sp³-hybridized carbons (Fsp3) is 1.00. The lowest BCUT2D eigenvalue weighted by Crippen LogP contribution is -2.34. The Balaban J connectivity index is 2.98. The van der Waals surface area contributed by atoms with E-state index in [1.165, 1.54) is 30.5 Å². The molecule has 0 saturated carbocycles. The van der Waals surface area contributed by atoms with E-state index >= 15 is 0 Å². The van der Waals surface area contributed by atoms with Crippen molar-refractivity contribution in [3.63, 3.8) is 0 Å². The Morgan fingerprint density at radius 2 is 1.58 bits per heavy atom. The van der Waals surface area contributed by atoms with Gasteiger partial charge in [0.15, 0.2) is 12.5 Å². The Kier molecular flexibility index (Phi) is 2.58. The van der Waals surface area contributed by atoms with Crippen LogP contribution in [0.5, 0.6) is 0 Å². The van der Waals surface area contributed by atoms with Crippen molar-refractivity contribution in [2.75, 3.05) is 21.1 Å². The summed E-state index contributed by atoms with van der Waals surface area (Å²) in [7, 11) is 1.59. The maximum absolute atomic E-state index is 11.9. The molecule has 0 spiro atoms. The lowest BCUT2D eigenvalue weighted by atomic mass is 10.5. The van der Waals surface area contributed by atoms with Gasteiger partial charge in [-0.25, -0.2) is 14.4 Å². The van der Waals surface area contributed by atoms with Crippen molar-refractivity contribution in [1.29, 1.82) is 0 Å². The third-order valence-corrected chi connectivity index (χ3v) is 4.95.